The number of nitrogen functional groups attached to an aromatic ring is 1. The van der Waals surface area contributed by atoms with E-state index in [2.05, 4.69) is 15.5 Å². The molecule has 7 nitrogen and oxygen atoms in total. The van der Waals surface area contributed by atoms with Crippen LogP contribution in [0.3, 0.4) is 0 Å². The summed E-state index contributed by atoms with van der Waals surface area (Å²) in [6.07, 6.45) is 0. The highest BCUT2D eigenvalue weighted by Gasteiger charge is 2.19. The largest absolute Gasteiger partial charge is 0.397 e. The van der Waals surface area contributed by atoms with Crippen molar-refractivity contribution in [3.63, 3.8) is 0 Å². The van der Waals surface area contributed by atoms with Gasteiger partial charge in [-0.15, -0.1) is 16.4 Å². The number of rotatable bonds is 6. The zero-order chi connectivity index (χ0) is 19.6. The van der Waals surface area contributed by atoms with Gasteiger partial charge in [-0.1, -0.05) is 12.1 Å². The zero-order valence-electron chi connectivity index (χ0n) is 15.0. The second-order valence-electron chi connectivity index (χ2n) is 6.04. The summed E-state index contributed by atoms with van der Waals surface area (Å²) in [5, 5.41) is 20.7. The Labute approximate surface area is 163 Å². The second kappa shape index (κ2) is 8.12. The molecule has 1 amide bonds. The summed E-state index contributed by atoms with van der Waals surface area (Å²) < 4.78 is 11.8. The Kier molecular flexibility index (Phi) is 5.83. The molecular weight excluding hydrogens is 384 g/mol. The lowest BCUT2D eigenvalue weighted by atomic mass is 10.1. The van der Waals surface area contributed by atoms with E-state index in [-0.39, 0.29) is 18.3 Å². The average molecular weight is 405 g/mol. The maximum absolute atomic E-state index is 12.6. The predicted molar refractivity (Wildman–Crippen MR) is 107 cm³/mol. The molecule has 4 N–H and O–H groups in total. The van der Waals surface area contributed by atoms with Crippen molar-refractivity contribution in [3.05, 3.63) is 46.0 Å². The minimum Gasteiger partial charge on any atom is -0.397 e. The van der Waals surface area contributed by atoms with Gasteiger partial charge in [-0.05, 0) is 37.1 Å². The maximum Gasteiger partial charge on any atom is 0.263 e. The average Bonchev–Trinajstić information content (AvgIpc) is 3.00. The van der Waals surface area contributed by atoms with E-state index in [4.69, 9.17) is 10.8 Å². The van der Waals surface area contributed by atoms with E-state index < -0.39 is 10.8 Å². The maximum atomic E-state index is 12.6. The van der Waals surface area contributed by atoms with Gasteiger partial charge in [0.2, 0.25) is 0 Å². The van der Waals surface area contributed by atoms with Crippen LogP contribution in [-0.2, 0) is 17.3 Å². The predicted octanol–water partition coefficient (Wildman–Crippen LogP) is 1.92. The van der Waals surface area contributed by atoms with Crippen molar-refractivity contribution in [2.75, 3.05) is 18.1 Å². The van der Waals surface area contributed by atoms with Crippen LogP contribution < -0.4 is 11.1 Å². The fourth-order valence-electron chi connectivity index (χ4n) is 2.63. The van der Waals surface area contributed by atoms with E-state index in [1.807, 2.05) is 13.8 Å². The number of aryl methyl sites for hydroxylation is 2. The molecule has 3 aromatic rings. The number of hydrogen-bond acceptors (Lipinski definition) is 7. The number of amides is 1. The molecule has 1 unspecified atom stereocenters. The molecule has 0 saturated carbocycles. The highest BCUT2D eigenvalue weighted by molar-refractivity contribution is 7.85. The molecule has 0 bridgehead atoms. The smallest absolute Gasteiger partial charge is 0.263 e. The molecule has 1 aromatic carbocycles. The zero-order valence-corrected chi connectivity index (χ0v) is 16.6. The third-order valence-electron chi connectivity index (χ3n) is 4.26. The summed E-state index contributed by atoms with van der Waals surface area (Å²) in [6.45, 7) is 3.97. The number of benzene rings is 1. The number of aromatic nitrogens is 2. The van der Waals surface area contributed by atoms with Crippen molar-refractivity contribution in [2.45, 2.75) is 25.3 Å². The summed E-state index contributed by atoms with van der Waals surface area (Å²) in [5.74, 6) is -0.0520. The van der Waals surface area contributed by atoms with E-state index in [9.17, 15) is 9.00 Å². The van der Waals surface area contributed by atoms with Gasteiger partial charge in [0.25, 0.3) is 5.91 Å². The number of thiophene rings is 1. The number of nitrogens with one attached hydrogen (secondary N) is 1. The molecule has 142 valence electrons. The number of nitrogens with zero attached hydrogens (tertiary/aromatic N) is 2. The van der Waals surface area contributed by atoms with E-state index in [0.717, 1.165) is 22.2 Å². The van der Waals surface area contributed by atoms with E-state index in [1.165, 1.54) is 11.3 Å². The molecule has 2 heterocycles. The highest BCUT2D eigenvalue weighted by Crippen LogP contribution is 2.34. The third kappa shape index (κ3) is 4.00. The van der Waals surface area contributed by atoms with Crippen LogP contribution in [0.4, 0.5) is 5.69 Å². The Morgan fingerprint density at radius 2 is 1.96 bits per heavy atom. The number of carbonyl (C=O) groups excluding carboxylic acids is 1. The molecule has 9 heteroatoms. The number of carbonyl (C=O) groups is 1. The quantitative estimate of drug-likeness (QED) is 0.578. The van der Waals surface area contributed by atoms with Crippen LogP contribution in [0, 0.1) is 13.8 Å². The molecule has 3 rings (SSSR count). The second-order valence-corrected chi connectivity index (χ2v) is 8.61. The topological polar surface area (TPSA) is 118 Å². The Balaban J connectivity index is 1.73. The SMILES string of the molecule is Cc1nnc2sc(C(=O)NCc3ccc(S(=O)CCO)cc3)c(N)c2c1C. The van der Waals surface area contributed by atoms with Crippen molar-refractivity contribution in [3.8, 4) is 0 Å². The van der Waals surface area contributed by atoms with Gasteiger partial charge in [0, 0.05) is 16.8 Å². The van der Waals surface area contributed by atoms with Crippen LogP contribution in [0.2, 0.25) is 0 Å². The van der Waals surface area contributed by atoms with Crippen LogP contribution in [0.25, 0.3) is 10.2 Å². The summed E-state index contributed by atoms with van der Waals surface area (Å²) in [4.78, 5) is 14.3. The summed E-state index contributed by atoms with van der Waals surface area (Å²) in [7, 11) is -1.22. The first-order valence-electron chi connectivity index (χ1n) is 8.30. The monoisotopic (exact) mass is 404 g/mol. The lowest BCUT2D eigenvalue weighted by molar-refractivity contribution is 0.0956. The molecule has 0 aliphatic rings. The molecule has 0 saturated heterocycles. The molecule has 0 spiro atoms. The minimum absolute atomic E-state index is 0.121. The van der Waals surface area contributed by atoms with Crippen LogP contribution in [0.5, 0.6) is 0 Å². The fraction of sp³-hybridized carbons (Fsp3) is 0.278. The Morgan fingerprint density at radius 1 is 1.26 bits per heavy atom. The van der Waals surface area contributed by atoms with Crippen molar-refractivity contribution in [2.24, 2.45) is 0 Å². The molecule has 2 aromatic heterocycles. The van der Waals surface area contributed by atoms with Crippen molar-refractivity contribution in [1.29, 1.82) is 0 Å². The molecule has 0 aliphatic carbocycles. The van der Waals surface area contributed by atoms with Crippen molar-refractivity contribution < 1.29 is 14.1 Å². The first kappa shape index (κ1) is 19.4. The Bertz CT molecular complexity index is 1020. The van der Waals surface area contributed by atoms with Gasteiger partial charge in [-0.25, -0.2) is 0 Å². The van der Waals surface area contributed by atoms with Crippen molar-refractivity contribution >= 4 is 43.9 Å². The first-order chi connectivity index (χ1) is 12.9. The Hall–Kier alpha value is -2.36. The summed E-state index contributed by atoms with van der Waals surface area (Å²) in [5.41, 5.74) is 9.21. The van der Waals surface area contributed by atoms with E-state index in [1.54, 1.807) is 24.3 Å². The van der Waals surface area contributed by atoms with E-state index >= 15 is 0 Å². The van der Waals surface area contributed by atoms with Crippen LogP contribution in [0.1, 0.15) is 26.5 Å². The number of fused-ring (bicyclic) bond motifs is 1. The highest BCUT2D eigenvalue weighted by atomic mass is 32.2. The third-order valence-corrected chi connectivity index (χ3v) is 6.70. The van der Waals surface area contributed by atoms with E-state index in [0.29, 0.717) is 26.8 Å². The van der Waals surface area contributed by atoms with Gasteiger partial charge >= 0.3 is 0 Å². The van der Waals surface area contributed by atoms with Gasteiger partial charge < -0.3 is 16.2 Å². The molecule has 27 heavy (non-hydrogen) atoms. The molecule has 0 radical (unpaired) electrons. The van der Waals surface area contributed by atoms with Gasteiger partial charge in [0.15, 0.2) is 0 Å². The summed E-state index contributed by atoms with van der Waals surface area (Å²) in [6, 6.07) is 7.09. The van der Waals surface area contributed by atoms with Gasteiger partial charge in [-0.3, -0.25) is 9.00 Å². The van der Waals surface area contributed by atoms with Crippen LogP contribution in [-0.4, -0.2) is 37.8 Å². The molecule has 1 atom stereocenters. The molecule has 0 fully saturated rings. The van der Waals surface area contributed by atoms with Gasteiger partial charge in [-0.2, -0.15) is 5.10 Å². The van der Waals surface area contributed by atoms with Gasteiger partial charge in [0.05, 0.1) is 34.5 Å². The number of aliphatic hydroxyl groups excluding tert-OH is 1. The minimum atomic E-state index is -1.22. The number of nitrogens with two attached hydrogens (primary N) is 1. The lowest BCUT2D eigenvalue weighted by Crippen LogP contribution is -2.22. The standard InChI is InChI=1S/C18H20N4O3S2/c1-10-11(2)21-22-18-14(10)15(19)16(26-18)17(24)20-9-12-3-5-13(6-4-12)27(25)8-7-23/h3-6,23H,7-9,19H2,1-2H3,(H,20,24). The fourth-order valence-corrected chi connectivity index (χ4v) is 4.49. The van der Waals surface area contributed by atoms with Crippen LogP contribution in [0.15, 0.2) is 29.2 Å². The normalized spacial score (nSPS) is 12.3. The number of aliphatic hydroxyl groups is 1. The lowest BCUT2D eigenvalue weighted by Gasteiger charge is -2.06. The summed E-state index contributed by atoms with van der Waals surface area (Å²) >= 11 is 1.23. The molecule has 0 aliphatic heterocycles. The Morgan fingerprint density at radius 3 is 2.63 bits per heavy atom. The van der Waals surface area contributed by atoms with Crippen LogP contribution >= 0.6 is 11.3 Å². The van der Waals surface area contributed by atoms with Gasteiger partial charge in [0.1, 0.15) is 9.71 Å². The molecular formula is C18H20N4O3S2. The number of hydrogen-bond donors (Lipinski definition) is 3. The first-order valence-corrected chi connectivity index (χ1v) is 10.4. The number of anilines is 1. The van der Waals surface area contributed by atoms with Crippen molar-refractivity contribution in [1.82, 2.24) is 15.5 Å².